The van der Waals surface area contributed by atoms with Gasteiger partial charge in [-0.05, 0) is 48.8 Å². The van der Waals surface area contributed by atoms with E-state index in [0.29, 0.717) is 0 Å². The van der Waals surface area contributed by atoms with Crippen LogP contribution in [0.1, 0.15) is 60.9 Å². The Hall–Kier alpha value is -3.17. The van der Waals surface area contributed by atoms with E-state index in [1.54, 1.807) is 0 Å². The molecule has 4 rings (SSSR count). The number of benzene rings is 3. The second kappa shape index (κ2) is 11.3. The molecule has 0 unspecified atom stereocenters. The van der Waals surface area contributed by atoms with Gasteiger partial charge >= 0.3 is 0 Å². The second-order valence-corrected chi connectivity index (χ2v) is 9.23. The Morgan fingerprint density at radius 2 is 1.44 bits per heavy atom. The molecule has 1 aliphatic heterocycles. The topological polar surface area (TPSA) is 35.8 Å². The largest absolute Gasteiger partial charge is 0.396 e. The lowest BCUT2D eigenvalue weighted by Crippen LogP contribution is -2.44. The third-order valence-electron chi connectivity index (χ3n) is 7.14. The lowest BCUT2D eigenvalue weighted by atomic mass is 9.71. The number of aliphatic hydroxyl groups excluding tert-OH is 1. The summed E-state index contributed by atoms with van der Waals surface area (Å²) in [6.07, 6.45) is 6.55. The summed E-state index contributed by atoms with van der Waals surface area (Å²) in [6.45, 7) is 4.25. The van der Waals surface area contributed by atoms with Gasteiger partial charge < -0.3 is 10.0 Å². The highest BCUT2D eigenvalue weighted by Crippen LogP contribution is 2.48. The third kappa shape index (κ3) is 4.85. The summed E-state index contributed by atoms with van der Waals surface area (Å²) in [5, 5.41) is 9.55. The highest BCUT2D eigenvalue weighted by atomic mass is 16.2. The zero-order valence-corrected chi connectivity index (χ0v) is 20.2. The van der Waals surface area contributed by atoms with Crippen molar-refractivity contribution in [2.75, 3.05) is 13.7 Å². The van der Waals surface area contributed by atoms with Crippen LogP contribution in [0.2, 0.25) is 0 Å². The van der Waals surface area contributed by atoms with Gasteiger partial charge in [0.2, 0.25) is 0 Å². The molecule has 0 radical (unpaired) electrons. The molecule has 3 atom stereocenters. The Morgan fingerprint density at radius 1 is 0.853 bits per heavy atom. The summed E-state index contributed by atoms with van der Waals surface area (Å²) in [7, 11) is 2.21. The molecule has 3 aromatic rings. The number of aliphatic imine (C=N–C) groups is 1. The first kappa shape index (κ1) is 24.0. The van der Waals surface area contributed by atoms with Crippen LogP contribution in [0.4, 0.5) is 0 Å². The molecule has 0 fully saturated rings. The molecule has 0 spiro atoms. The molecule has 3 aromatic carbocycles. The fraction of sp³-hybridized carbons (Fsp3) is 0.323. The van der Waals surface area contributed by atoms with Crippen molar-refractivity contribution in [2.45, 2.75) is 49.6 Å². The van der Waals surface area contributed by atoms with E-state index >= 15 is 0 Å². The number of amidine groups is 1. The van der Waals surface area contributed by atoms with E-state index in [2.05, 4.69) is 110 Å². The predicted molar refractivity (Wildman–Crippen MR) is 142 cm³/mol. The first-order chi connectivity index (χ1) is 16.7. The van der Waals surface area contributed by atoms with Gasteiger partial charge in [-0.2, -0.15) is 0 Å². The fourth-order valence-electron chi connectivity index (χ4n) is 5.47. The van der Waals surface area contributed by atoms with Gasteiger partial charge in [0.15, 0.2) is 0 Å². The average Bonchev–Trinajstić information content (AvgIpc) is 3.25. The van der Waals surface area contributed by atoms with Crippen molar-refractivity contribution in [3.05, 3.63) is 120 Å². The maximum atomic E-state index is 9.55. The van der Waals surface area contributed by atoms with Crippen LogP contribution in [0.3, 0.4) is 0 Å². The molecular formula is C31H36N2O. The molecule has 0 bridgehead atoms. The van der Waals surface area contributed by atoms with E-state index in [0.717, 1.165) is 37.9 Å². The monoisotopic (exact) mass is 452 g/mol. The van der Waals surface area contributed by atoms with Crippen molar-refractivity contribution < 1.29 is 5.11 Å². The standard InChI is InChI=1S/C31H36N2O/c1-3-4-22-31(23-14-15-24-34,27-20-12-7-13-21-27)30-32-28(25-16-8-5-9-17-25)29(33(30)2)26-18-10-6-11-19-26/h3,5-13,16-21,28-29,34H,1,4,14-15,22-24H2,2H3/t28-,29-,31-/m0/s1. The lowest BCUT2D eigenvalue weighted by molar-refractivity contribution is 0.274. The molecule has 3 nitrogen and oxygen atoms in total. The summed E-state index contributed by atoms with van der Waals surface area (Å²) in [5.41, 5.74) is 3.56. The number of aliphatic hydroxyl groups is 1. The van der Waals surface area contributed by atoms with Gasteiger partial charge in [0, 0.05) is 13.7 Å². The molecule has 0 saturated carbocycles. The normalized spacial score (nSPS) is 19.5. The van der Waals surface area contributed by atoms with E-state index in [9.17, 15) is 5.11 Å². The number of unbranched alkanes of at least 4 members (excludes halogenated alkanes) is 1. The van der Waals surface area contributed by atoms with Crippen LogP contribution in [-0.4, -0.2) is 29.5 Å². The van der Waals surface area contributed by atoms with Crippen molar-refractivity contribution in [1.82, 2.24) is 4.90 Å². The summed E-state index contributed by atoms with van der Waals surface area (Å²) in [4.78, 5) is 7.94. The van der Waals surface area contributed by atoms with Crippen molar-refractivity contribution in [1.29, 1.82) is 0 Å². The number of hydrogen-bond donors (Lipinski definition) is 1. The number of rotatable bonds is 11. The molecule has 0 saturated heterocycles. The number of hydrogen-bond acceptors (Lipinski definition) is 3. The van der Waals surface area contributed by atoms with Crippen LogP contribution in [-0.2, 0) is 5.41 Å². The van der Waals surface area contributed by atoms with Crippen molar-refractivity contribution in [3.8, 4) is 0 Å². The highest BCUT2D eigenvalue weighted by molar-refractivity contribution is 5.95. The van der Waals surface area contributed by atoms with Gasteiger partial charge in [0.25, 0.3) is 0 Å². The Kier molecular flexibility index (Phi) is 7.97. The number of likely N-dealkylation sites (N-methyl/N-ethyl adjacent to an activating group) is 1. The highest BCUT2D eigenvalue weighted by Gasteiger charge is 2.46. The van der Waals surface area contributed by atoms with Gasteiger partial charge in [-0.1, -0.05) is 97.1 Å². The van der Waals surface area contributed by atoms with E-state index in [-0.39, 0.29) is 24.1 Å². The minimum atomic E-state index is -0.240. The van der Waals surface area contributed by atoms with Gasteiger partial charge in [0.1, 0.15) is 11.9 Å². The number of allylic oxidation sites excluding steroid dienone is 1. The third-order valence-corrected chi connectivity index (χ3v) is 7.14. The van der Waals surface area contributed by atoms with Gasteiger partial charge in [-0.3, -0.25) is 4.99 Å². The Bertz CT molecular complexity index is 1060. The lowest BCUT2D eigenvalue weighted by Gasteiger charge is -2.39. The predicted octanol–water partition coefficient (Wildman–Crippen LogP) is 6.88. The maximum absolute atomic E-state index is 9.55. The van der Waals surface area contributed by atoms with Crippen molar-refractivity contribution >= 4 is 5.84 Å². The smallest absolute Gasteiger partial charge is 0.111 e. The quantitative estimate of drug-likeness (QED) is 0.254. The zero-order chi connectivity index (χ0) is 23.8. The van der Waals surface area contributed by atoms with Crippen LogP contribution in [0.5, 0.6) is 0 Å². The van der Waals surface area contributed by atoms with Crippen LogP contribution < -0.4 is 0 Å². The molecule has 176 valence electrons. The molecule has 0 aliphatic carbocycles. The Morgan fingerprint density at radius 3 is 2.03 bits per heavy atom. The van der Waals surface area contributed by atoms with Gasteiger partial charge in [-0.15, -0.1) is 6.58 Å². The SMILES string of the molecule is C=CCC[C@@](CCCCO)(C1=N[C@@H](c2ccccc2)[C@H](c2ccccc2)N1C)c1ccccc1. The summed E-state index contributed by atoms with van der Waals surface area (Å²) in [5.74, 6) is 1.14. The molecule has 34 heavy (non-hydrogen) atoms. The van der Waals surface area contributed by atoms with E-state index in [4.69, 9.17) is 4.99 Å². The molecular weight excluding hydrogens is 416 g/mol. The van der Waals surface area contributed by atoms with Crippen molar-refractivity contribution in [2.24, 2.45) is 4.99 Å². The first-order valence-corrected chi connectivity index (χ1v) is 12.4. The van der Waals surface area contributed by atoms with E-state index in [1.165, 1.54) is 16.7 Å². The summed E-state index contributed by atoms with van der Waals surface area (Å²) >= 11 is 0. The Labute approximate surface area is 204 Å². The van der Waals surface area contributed by atoms with E-state index < -0.39 is 0 Å². The first-order valence-electron chi connectivity index (χ1n) is 12.4. The fourth-order valence-corrected chi connectivity index (χ4v) is 5.47. The molecule has 0 amide bonds. The number of nitrogens with zero attached hydrogens (tertiary/aromatic N) is 2. The molecule has 3 heteroatoms. The zero-order valence-electron chi connectivity index (χ0n) is 20.2. The molecule has 1 heterocycles. The minimum Gasteiger partial charge on any atom is -0.396 e. The van der Waals surface area contributed by atoms with Crippen LogP contribution in [0.15, 0.2) is 109 Å². The molecule has 1 N–H and O–H groups in total. The van der Waals surface area contributed by atoms with Crippen LogP contribution >= 0.6 is 0 Å². The second-order valence-electron chi connectivity index (χ2n) is 9.23. The minimum absolute atomic E-state index is 0.0215. The maximum Gasteiger partial charge on any atom is 0.111 e. The summed E-state index contributed by atoms with van der Waals surface area (Å²) < 4.78 is 0. The molecule has 0 aromatic heterocycles. The van der Waals surface area contributed by atoms with Gasteiger partial charge in [-0.25, -0.2) is 0 Å². The Balaban J connectivity index is 1.87. The van der Waals surface area contributed by atoms with E-state index in [1.807, 2.05) is 6.08 Å². The van der Waals surface area contributed by atoms with Crippen LogP contribution in [0.25, 0.3) is 0 Å². The molecule has 1 aliphatic rings. The average molecular weight is 453 g/mol. The van der Waals surface area contributed by atoms with Crippen LogP contribution in [0, 0.1) is 0 Å². The summed E-state index contributed by atoms with van der Waals surface area (Å²) in [6, 6.07) is 32.4. The van der Waals surface area contributed by atoms with Gasteiger partial charge in [0.05, 0.1) is 11.5 Å². The van der Waals surface area contributed by atoms with Crippen molar-refractivity contribution in [3.63, 3.8) is 0 Å².